The first-order valence-electron chi connectivity index (χ1n) is 8.51. The first kappa shape index (κ1) is 15.9. The van der Waals surface area contributed by atoms with E-state index in [-0.39, 0.29) is 0 Å². The van der Waals surface area contributed by atoms with Crippen molar-refractivity contribution in [2.24, 2.45) is 0 Å². The van der Waals surface area contributed by atoms with E-state index in [1.165, 1.54) is 30.6 Å². The molecule has 0 unspecified atom stereocenters. The van der Waals surface area contributed by atoms with Crippen LogP contribution in [0.5, 0.6) is 5.75 Å². The number of para-hydroxylation sites is 2. The Labute approximate surface area is 139 Å². The van der Waals surface area contributed by atoms with Crippen molar-refractivity contribution in [1.82, 2.24) is 4.90 Å². The third kappa shape index (κ3) is 4.26. The predicted octanol–water partition coefficient (Wildman–Crippen LogP) is 3.45. The molecular weight excluding hydrogens is 284 g/mol. The van der Waals surface area contributed by atoms with Crippen LogP contribution in [0.4, 0.5) is 5.69 Å². The minimum atomic E-state index is 0.977. The maximum Gasteiger partial charge on any atom is 0.142 e. The van der Waals surface area contributed by atoms with Gasteiger partial charge in [-0.05, 0) is 37.1 Å². The van der Waals surface area contributed by atoms with E-state index < -0.39 is 0 Å². The third-order valence-electron chi connectivity index (χ3n) is 4.58. The molecule has 0 N–H and O–H groups in total. The topological polar surface area (TPSA) is 15.7 Å². The molecule has 1 saturated heterocycles. The van der Waals surface area contributed by atoms with Crippen LogP contribution in [0.1, 0.15) is 12.0 Å². The van der Waals surface area contributed by atoms with Crippen molar-refractivity contribution >= 4 is 5.69 Å². The van der Waals surface area contributed by atoms with Gasteiger partial charge in [0.25, 0.3) is 0 Å². The fourth-order valence-corrected chi connectivity index (χ4v) is 3.25. The van der Waals surface area contributed by atoms with E-state index in [0.717, 1.165) is 31.9 Å². The number of ether oxygens (including phenoxy) is 1. The quantitative estimate of drug-likeness (QED) is 0.813. The normalized spacial score (nSPS) is 15.6. The number of nitrogens with zero attached hydrogens (tertiary/aromatic N) is 2. The Hall–Kier alpha value is -2.00. The lowest BCUT2D eigenvalue weighted by atomic mass is 10.1. The van der Waals surface area contributed by atoms with Crippen LogP contribution < -0.4 is 9.64 Å². The lowest BCUT2D eigenvalue weighted by molar-refractivity contribution is 0.254. The van der Waals surface area contributed by atoms with E-state index in [2.05, 4.69) is 52.3 Å². The zero-order valence-corrected chi connectivity index (χ0v) is 13.9. The summed E-state index contributed by atoms with van der Waals surface area (Å²) in [6, 6.07) is 19.1. The highest BCUT2D eigenvalue weighted by Crippen LogP contribution is 2.28. The standard InChI is InChI=1S/C20H26N2O/c1-23-20-12-6-5-11-19(20)22-16-14-21(15-17-22)13-7-10-18-8-3-2-4-9-18/h2-6,8-9,11-12H,7,10,13-17H2,1H3. The van der Waals surface area contributed by atoms with Crippen molar-refractivity contribution in [3.8, 4) is 5.75 Å². The van der Waals surface area contributed by atoms with Gasteiger partial charge < -0.3 is 9.64 Å². The largest absolute Gasteiger partial charge is 0.495 e. The molecule has 1 fully saturated rings. The van der Waals surface area contributed by atoms with Crippen LogP contribution in [0.3, 0.4) is 0 Å². The second-order valence-corrected chi connectivity index (χ2v) is 6.09. The van der Waals surface area contributed by atoms with Gasteiger partial charge in [0.05, 0.1) is 12.8 Å². The van der Waals surface area contributed by atoms with Crippen LogP contribution in [0.2, 0.25) is 0 Å². The Balaban J connectivity index is 1.45. The fraction of sp³-hybridized carbons (Fsp3) is 0.400. The molecule has 0 bridgehead atoms. The molecule has 3 rings (SSSR count). The van der Waals surface area contributed by atoms with Crippen molar-refractivity contribution in [2.45, 2.75) is 12.8 Å². The van der Waals surface area contributed by atoms with Gasteiger partial charge in [-0.3, -0.25) is 4.90 Å². The average Bonchev–Trinajstić information content (AvgIpc) is 2.63. The zero-order valence-electron chi connectivity index (χ0n) is 13.9. The summed E-state index contributed by atoms with van der Waals surface area (Å²) in [5.41, 5.74) is 2.67. The van der Waals surface area contributed by atoms with Crippen molar-refractivity contribution in [3.63, 3.8) is 0 Å². The highest BCUT2D eigenvalue weighted by molar-refractivity contribution is 5.58. The number of hydrogen-bond donors (Lipinski definition) is 0. The van der Waals surface area contributed by atoms with Crippen molar-refractivity contribution < 1.29 is 4.74 Å². The minimum absolute atomic E-state index is 0.977. The van der Waals surface area contributed by atoms with E-state index in [4.69, 9.17) is 4.74 Å². The Morgan fingerprint density at radius 2 is 1.57 bits per heavy atom. The molecular formula is C20H26N2O. The van der Waals surface area contributed by atoms with Crippen molar-refractivity contribution in [1.29, 1.82) is 0 Å². The summed E-state index contributed by atoms with van der Waals surface area (Å²) in [6.45, 7) is 5.60. The van der Waals surface area contributed by atoms with Gasteiger partial charge in [0, 0.05) is 26.2 Å². The van der Waals surface area contributed by atoms with Crippen LogP contribution in [0.15, 0.2) is 54.6 Å². The number of anilines is 1. The lowest BCUT2D eigenvalue weighted by Crippen LogP contribution is -2.46. The second kappa shape index (κ2) is 8.02. The molecule has 2 aromatic carbocycles. The highest BCUT2D eigenvalue weighted by atomic mass is 16.5. The first-order valence-corrected chi connectivity index (χ1v) is 8.51. The Kier molecular flexibility index (Phi) is 5.54. The summed E-state index contributed by atoms with van der Waals surface area (Å²) in [4.78, 5) is 5.02. The van der Waals surface area contributed by atoms with Gasteiger partial charge in [0.2, 0.25) is 0 Å². The molecule has 1 aliphatic heterocycles. The zero-order chi connectivity index (χ0) is 15.9. The van der Waals surface area contributed by atoms with Crippen molar-refractivity contribution in [2.75, 3.05) is 44.7 Å². The number of aryl methyl sites for hydroxylation is 1. The number of piperazine rings is 1. The predicted molar refractivity (Wildman–Crippen MR) is 96.4 cm³/mol. The van der Waals surface area contributed by atoms with Gasteiger partial charge >= 0.3 is 0 Å². The highest BCUT2D eigenvalue weighted by Gasteiger charge is 2.18. The van der Waals surface area contributed by atoms with Crippen LogP contribution >= 0.6 is 0 Å². The van der Waals surface area contributed by atoms with Gasteiger partial charge in [0.1, 0.15) is 5.75 Å². The van der Waals surface area contributed by atoms with Crippen LogP contribution in [-0.2, 0) is 6.42 Å². The smallest absolute Gasteiger partial charge is 0.142 e. The summed E-state index contributed by atoms with van der Waals surface area (Å²) >= 11 is 0. The monoisotopic (exact) mass is 310 g/mol. The summed E-state index contributed by atoms with van der Waals surface area (Å²) in [7, 11) is 1.75. The molecule has 0 aromatic heterocycles. The molecule has 122 valence electrons. The molecule has 0 aliphatic carbocycles. The SMILES string of the molecule is COc1ccccc1N1CCN(CCCc2ccccc2)CC1. The number of methoxy groups -OCH3 is 1. The lowest BCUT2D eigenvalue weighted by Gasteiger charge is -2.36. The third-order valence-corrected chi connectivity index (χ3v) is 4.58. The molecule has 0 atom stereocenters. The summed E-state index contributed by atoms with van der Waals surface area (Å²) in [5.74, 6) is 0.977. The first-order chi connectivity index (χ1) is 11.4. The molecule has 2 aromatic rings. The second-order valence-electron chi connectivity index (χ2n) is 6.09. The van der Waals surface area contributed by atoms with E-state index in [0.29, 0.717) is 0 Å². The maximum atomic E-state index is 5.48. The Morgan fingerprint density at radius 1 is 0.870 bits per heavy atom. The van der Waals surface area contributed by atoms with E-state index >= 15 is 0 Å². The van der Waals surface area contributed by atoms with Gasteiger partial charge in [-0.25, -0.2) is 0 Å². The molecule has 0 radical (unpaired) electrons. The Bertz CT molecular complexity index is 592. The summed E-state index contributed by atoms with van der Waals surface area (Å²) in [5, 5.41) is 0. The van der Waals surface area contributed by atoms with Crippen LogP contribution in [0.25, 0.3) is 0 Å². The van der Waals surface area contributed by atoms with Gasteiger partial charge in [-0.15, -0.1) is 0 Å². The molecule has 0 saturated carbocycles. The minimum Gasteiger partial charge on any atom is -0.495 e. The molecule has 0 amide bonds. The van der Waals surface area contributed by atoms with Crippen molar-refractivity contribution in [3.05, 3.63) is 60.2 Å². The number of benzene rings is 2. The molecule has 23 heavy (non-hydrogen) atoms. The van der Waals surface area contributed by atoms with E-state index in [9.17, 15) is 0 Å². The summed E-state index contributed by atoms with van der Waals surface area (Å²) < 4.78 is 5.48. The van der Waals surface area contributed by atoms with Crippen LogP contribution in [0, 0.1) is 0 Å². The van der Waals surface area contributed by atoms with Gasteiger partial charge in [-0.1, -0.05) is 42.5 Å². The maximum absolute atomic E-state index is 5.48. The molecule has 0 spiro atoms. The number of hydrogen-bond acceptors (Lipinski definition) is 3. The fourth-order valence-electron chi connectivity index (χ4n) is 3.25. The molecule has 3 heteroatoms. The molecule has 3 nitrogen and oxygen atoms in total. The van der Waals surface area contributed by atoms with Gasteiger partial charge in [0.15, 0.2) is 0 Å². The Morgan fingerprint density at radius 3 is 2.30 bits per heavy atom. The number of rotatable bonds is 6. The van der Waals surface area contributed by atoms with Gasteiger partial charge in [-0.2, -0.15) is 0 Å². The van der Waals surface area contributed by atoms with E-state index in [1.807, 2.05) is 12.1 Å². The van der Waals surface area contributed by atoms with E-state index in [1.54, 1.807) is 7.11 Å². The van der Waals surface area contributed by atoms with Crippen LogP contribution in [-0.4, -0.2) is 44.7 Å². The molecule has 1 heterocycles. The molecule has 1 aliphatic rings. The average molecular weight is 310 g/mol. The summed E-state index contributed by atoms with van der Waals surface area (Å²) in [6.07, 6.45) is 2.41.